The summed E-state index contributed by atoms with van der Waals surface area (Å²) in [5.41, 5.74) is 0.824. The van der Waals surface area contributed by atoms with Crippen LogP contribution in [0.25, 0.3) is 0 Å². The van der Waals surface area contributed by atoms with Crippen LogP contribution in [0.4, 0.5) is 0 Å². The number of hydrogen-bond donors (Lipinski definition) is 2. The Morgan fingerprint density at radius 3 is 2.80 bits per heavy atom. The van der Waals surface area contributed by atoms with Crippen molar-refractivity contribution in [1.82, 2.24) is 5.32 Å². The van der Waals surface area contributed by atoms with Crippen LogP contribution < -0.4 is 10.1 Å². The van der Waals surface area contributed by atoms with E-state index in [1.54, 1.807) is 18.9 Å². The van der Waals surface area contributed by atoms with E-state index in [4.69, 9.17) is 4.74 Å². The van der Waals surface area contributed by atoms with Gasteiger partial charge in [-0.1, -0.05) is 6.07 Å². The first-order valence-corrected chi connectivity index (χ1v) is 6.00. The molecule has 2 N–H and O–H groups in total. The van der Waals surface area contributed by atoms with E-state index in [0.29, 0.717) is 6.54 Å². The van der Waals surface area contributed by atoms with E-state index in [1.165, 1.54) is 0 Å². The Hall–Kier alpha value is -0.710. The fourth-order valence-corrected chi connectivity index (χ4v) is 1.83. The Morgan fingerprint density at radius 2 is 2.27 bits per heavy atom. The Labute approximate surface area is 94.8 Å². The number of benzene rings is 1. The zero-order chi connectivity index (χ0) is 11.3. The molecule has 0 aliphatic carbocycles. The molecule has 1 aromatic rings. The van der Waals surface area contributed by atoms with Crippen LogP contribution in [0.3, 0.4) is 0 Å². The number of thioether (sulfide) groups is 1. The molecule has 1 aromatic carbocycles. The molecule has 0 radical (unpaired) electrons. The Kier molecular flexibility index (Phi) is 4.94. The van der Waals surface area contributed by atoms with E-state index in [0.717, 1.165) is 16.2 Å². The van der Waals surface area contributed by atoms with Crippen LogP contribution in [-0.4, -0.2) is 32.1 Å². The Balaban J connectivity index is 2.96. The molecule has 0 aliphatic rings. The van der Waals surface area contributed by atoms with E-state index in [2.05, 4.69) is 5.32 Å². The normalized spacial score (nSPS) is 12.5. The zero-order valence-corrected chi connectivity index (χ0v) is 10.1. The maximum Gasteiger partial charge on any atom is 0.125 e. The minimum absolute atomic E-state index is 0.523. The molecule has 84 valence electrons. The van der Waals surface area contributed by atoms with Gasteiger partial charge in [-0.3, -0.25) is 0 Å². The zero-order valence-electron chi connectivity index (χ0n) is 9.28. The fourth-order valence-electron chi connectivity index (χ4n) is 1.40. The molecule has 0 saturated carbocycles. The third-order valence-corrected chi connectivity index (χ3v) is 2.92. The van der Waals surface area contributed by atoms with Crippen molar-refractivity contribution in [2.45, 2.75) is 11.0 Å². The first-order valence-electron chi connectivity index (χ1n) is 4.77. The smallest absolute Gasteiger partial charge is 0.125 e. The van der Waals surface area contributed by atoms with Crippen LogP contribution in [0.5, 0.6) is 5.75 Å². The summed E-state index contributed by atoms with van der Waals surface area (Å²) in [6, 6.07) is 5.84. The Bertz CT molecular complexity index is 317. The van der Waals surface area contributed by atoms with E-state index in [1.807, 2.05) is 31.5 Å². The van der Waals surface area contributed by atoms with Crippen LogP contribution >= 0.6 is 11.8 Å². The fraction of sp³-hybridized carbons (Fsp3) is 0.455. The standard InChI is InChI=1S/C11H17NO2S/c1-12-7-10(13)9-5-4-8(15-3)6-11(9)14-2/h4-6,10,12-13H,7H2,1-3H3. The minimum Gasteiger partial charge on any atom is -0.496 e. The van der Waals surface area contributed by atoms with E-state index in [-0.39, 0.29) is 0 Å². The molecule has 0 fully saturated rings. The number of hydrogen-bond acceptors (Lipinski definition) is 4. The van der Waals surface area contributed by atoms with Gasteiger partial charge >= 0.3 is 0 Å². The van der Waals surface area contributed by atoms with Crippen molar-refractivity contribution >= 4 is 11.8 Å². The van der Waals surface area contributed by atoms with Crippen LogP contribution in [-0.2, 0) is 0 Å². The maximum absolute atomic E-state index is 9.85. The molecule has 0 saturated heterocycles. The molecule has 1 rings (SSSR count). The van der Waals surface area contributed by atoms with Crippen molar-refractivity contribution in [1.29, 1.82) is 0 Å². The third-order valence-electron chi connectivity index (χ3n) is 2.20. The third kappa shape index (κ3) is 3.12. The van der Waals surface area contributed by atoms with Crippen LogP contribution in [0.1, 0.15) is 11.7 Å². The van der Waals surface area contributed by atoms with Gasteiger partial charge in [0.15, 0.2) is 0 Å². The van der Waals surface area contributed by atoms with E-state index in [9.17, 15) is 5.11 Å². The number of nitrogens with one attached hydrogen (secondary N) is 1. The molecule has 15 heavy (non-hydrogen) atoms. The second kappa shape index (κ2) is 6.00. The molecule has 3 nitrogen and oxygen atoms in total. The van der Waals surface area contributed by atoms with Crippen LogP contribution in [0, 0.1) is 0 Å². The van der Waals surface area contributed by atoms with Gasteiger partial charge in [0, 0.05) is 17.0 Å². The van der Waals surface area contributed by atoms with E-state index >= 15 is 0 Å². The van der Waals surface area contributed by atoms with Crippen LogP contribution in [0.15, 0.2) is 23.1 Å². The van der Waals surface area contributed by atoms with Crippen molar-refractivity contribution in [2.75, 3.05) is 27.0 Å². The summed E-state index contributed by atoms with van der Waals surface area (Å²) in [4.78, 5) is 1.13. The molecule has 0 aromatic heterocycles. The topological polar surface area (TPSA) is 41.5 Å². The lowest BCUT2D eigenvalue weighted by atomic mass is 10.1. The van der Waals surface area contributed by atoms with Gasteiger partial charge in [-0.05, 0) is 25.4 Å². The molecule has 0 heterocycles. The summed E-state index contributed by atoms with van der Waals surface area (Å²) < 4.78 is 5.25. The quantitative estimate of drug-likeness (QED) is 0.751. The van der Waals surface area contributed by atoms with Crippen molar-refractivity contribution in [2.24, 2.45) is 0 Å². The van der Waals surface area contributed by atoms with Gasteiger partial charge in [-0.2, -0.15) is 0 Å². The summed E-state index contributed by atoms with van der Waals surface area (Å²) in [6.45, 7) is 0.523. The Morgan fingerprint density at radius 1 is 1.53 bits per heavy atom. The van der Waals surface area contributed by atoms with Crippen molar-refractivity contribution < 1.29 is 9.84 Å². The molecule has 4 heteroatoms. The summed E-state index contributed by atoms with van der Waals surface area (Å²) >= 11 is 1.65. The van der Waals surface area contributed by atoms with E-state index < -0.39 is 6.10 Å². The molecular weight excluding hydrogens is 210 g/mol. The van der Waals surface area contributed by atoms with Gasteiger partial charge in [0.25, 0.3) is 0 Å². The first-order chi connectivity index (χ1) is 7.22. The largest absolute Gasteiger partial charge is 0.496 e. The number of aliphatic hydroxyl groups is 1. The highest BCUT2D eigenvalue weighted by atomic mass is 32.2. The average Bonchev–Trinajstić information content (AvgIpc) is 2.28. The number of aliphatic hydroxyl groups excluding tert-OH is 1. The number of likely N-dealkylation sites (N-methyl/N-ethyl adjacent to an activating group) is 1. The number of methoxy groups -OCH3 is 1. The SMILES string of the molecule is CNCC(O)c1ccc(SC)cc1OC. The maximum atomic E-state index is 9.85. The lowest BCUT2D eigenvalue weighted by molar-refractivity contribution is 0.173. The van der Waals surface area contributed by atoms with Gasteiger partial charge in [0.2, 0.25) is 0 Å². The predicted molar refractivity (Wildman–Crippen MR) is 63.7 cm³/mol. The predicted octanol–water partition coefficient (Wildman–Crippen LogP) is 1.67. The molecule has 0 aliphatic heterocycles. The number of rotatable bonds is 5. The summed E-state index contributed by atoms with van der Waals surface area (Å²) in [7, 11) is 3.43. The molecule has 0 spiro atoms. The minimum atomic E-state index is -0.527. The van der Waals surface area contributed by atoms with Crippen molar-refractivity contribution in [3.8, 4) is 5.75 Å². The molecule has 0 bridgehead atoms. The molecule has 1 atom stereocenters. The van der Waals surface area contributed by atoms with Crippen molar-refractivity contribution in [3.63, 3.8) is 0 Å². The van der Waals surface area contributed by atoms with Gasteiger partial charge in [0.1, 0.15) is 5.75 Å². The highest BCUT2D eigenvalue weighted by Gasteiger charge is 2.12. The summed E-state index contributed by atoms with van der Waals surface area (Å²) in [5.74, 6) is 0.740. The monoisotopic (exact) mass is 227 g/mol. The summed E-state index contributed by atoms with van der Waals surface area (Å²) in [5, 5.41) is 12.8. The number of ether oxygens (including phenoxy) is 1. The van der Waals surface area contributed by atoms with Gasteiger partial charge < -0.3 is 15.2 Å². The highest BCUT2D eigenvalue weighted by Crippen LogP contribution is 2.29. The summed E-state index contributed by atoms with van der Waals surface area (Å²) in [6.07, 6.45) is 1.49. The molecular formula is C11H17NO2S. The highest BCUT2D eigenvalue weighted by molar-refractivity contribution is 7.98. The molecule has 0 amide bonds. The lowest BCUT2D eigenvalue weighted by Gasteiger charge is -2.15. The second-order valence-electron chi connectivity index (χ2n) is 3.18. The first kappa shape index (κ1) is 12.4. The van der Waals surface area contributed by atoms with Crippen LogP contribution in [0.2, 0.25) is 0 Å². The average molecular weight is 227 g/mol. The van der Waals surface area contributed by atoms with Gasteiger partial charge in [-0.25, -0.2) is 0 Å². The lowest BCUT2D eigenvalue weighted by Crippen LogP contribution is -2.17. The molecule has 1 unspecified atom stereocenters. The second-order valence-corrected chi connectivity index (χ2v) is 4.06. The van der Waals surface area contributed by atoms with Gasteiger partial charge in [0.05, 0.1) is 13.2 Å². The van der Waals surface area contributed by atoms with Gasteiger partial charge in [-0.15, -0.1) is 11.8 Å². The van der Waals surface area contributed by atoms with Crippen molar-refractivity contribution in [3.05, 3.63) is 23.8 Å².